The molecule has 6 nitrogen and oxygen atoms in total. The Kier molecular flexibility index (Phi) is 7.11. The average Bonchev–Trinajstić information content (AvgIpc) is 2.74. The molecule has 0 spiro atoms. The molecular weight excluding hydrogens is 378 g/mol. The summed E-state index contributed by atoms with van der Waals surface area (Å²) in [6.07, 6.45) is 0.695. The Bertz CT molecular complexity index is 880. The van der Waals surface area contributed by atoms with E-state index < -0.39 is 6.10 Å². The van der Waals surface area contributed by atoms with Crippen molar-refractivity contribution in [3.05, 3.63) is 59.7 Å². The Hall–Kier alpha value is -2.86. The van der Waals surface area contributed by atoms with Crippen LogP contribution in [-0.4, -0.2) is 50.0 Å². The molecule has 0 saturated carbocycles. The van der Waals surface area contributed by atoms with Gasteiger partial charge in [0.05, 0.1) is 11.7 Å². The van der Waals surface area contributed by atoms with Gasteiger partial charge in [-0.05, 0) is 50.7 Å². The third kappa shape index (κ3) is 5.00. The van der Waals surface area contributed by atoms with E-state index in [1.54, 1.807) is 11.8 Å². The van der Waals surface area contributed by atoms with Gasteiger partial charge in [0.2, 0.25) is 5.91 Å². The van der Waals surface area contributed by atoms with Gasteiger partial charge < -0.3 is 19.9 Å². The minimum Gasteiger partial charge on any atom is -0.479 e. The normalized spacial score (nSPS) is 16.8. The lowest BCUT2D eigenvalue weighted by molar-refractivity contribution is -0.125. The summed E-state index contributed by atoms with van der Waals surface area (Å²) in [7, 11) is 4.02. The molecule has 2 amide bonds. The van der Waals surface area contributed by atoms with Crippen molar-refractivity contribution in [2.24, 2.45) is 0 Å². The largest absolute Gasteiger partial charge is 0.479 e. The van der Waals surface area contributed by atoms with E-state index in [4.69, 9.17) is 4.74 Å². The van der Waals surface area contributed by atoms with E-state index in [9.17, 15) is 9.59 Å². The molecule has 1 N–H and O–H groups in total. The van der Waals surface area contributed by atoms with Gasteiger partial charge in [0, 0.05) is 19.5 Å². The van der Waals surface area contributed by atoms with E-state index in [1.807, 2.05) is 38.4 Å². The van der Waals surface area contributed by atoms with Gasteiger partial charge in [0.1, 0.15) is 5.75 Å². The molecule has 2 atom stereocenters. The molecule has 1 aliphatic rings. The summed E-state index contributed by atoms with van der Waals surface area (Å²) in [5.74, 6) is 0.480. The van der Waals surface area contributed by atoms with Crippen molar-refractivity contribution < 1.29 is 14.3 Å². The molecule has 0 radical (unpaired) electrons. The Balaban J connectivity index is 1.59. The van der Waals surface area contributed by atoms with Crippen molar-refractivity contribution in [3.8, 4) is 5.75 Å². The molecule has 0 aromatic heterocycles. The highest BCUT2D eigenvalue weighted by Gasteiger charge is 2.31. The average molecular weight is 410 g/mol. The molecule has 2 aromatic rings. The van der Waals surface area contributed by atoms with Crippen LogP contribution < -0.4 is 15.0 Å². The van der Waals surface area contributed by atoms with Gasteiger partial charge in [-0.15, -0.1) is 0 Å². The molecule has 1 heterocycles. The van der Waals surface area contributed by atoms with Crippen LogP contribution in [0.5, 0.6) is 5.75 Å². The number of likely N-dealkylation sites (N-methyl/N-ethyl adjacent to an activating group) is 1. The number of hydrogen-bond donors (Lipinski definition) is 1. The number of anilines is 1. The van der Waals surface area contributed by atoms with Crippen LogP contribution in [0.25, 0.3) is 0 Å². The topological polar surface area (TPSA) is 61.9 Å². The first-order valence-corrected chi connectivity index (χ1v) is 10.5. The van der Waals surface area contributed by atoms with Crippen LogP contribution in [0, 0.1) is 0 Å². The number of ether oxygens (including phenoxy) is 1. The highest BCUT2D eigenvalue weighted by atomic mass is 16.5. The summed E-state index contributed by atoms with van der Waals surface area (Å²) in [4.78, 5) is 28.9. The molecule has 0 bridgehead atoms. The maximum Gasteiger partial charge on any atom is 0.267 e. The maximum absolute atomic E-state index is 12.6. The molecule has 0 aliphatic carbocycles. The van der Waals surface area contributed by atoms with Crippen LogP contribution in [0.4, 0.5) is 5.69 Å². The summed E-state index contributed by atoms with van der Waals surface area (Å²) in [6, 6.07) is 16.0. The second-order valence-corrected chi connectivity index (χ2v) is 7.85. The fourth-order valence-electron chi connectivity index (χ4n) is 3.68. The molecule has 2 unspecified atom stereocenters. The van der Waals surface area contributed by atoms with E-state index in [0.717, 1.165) is 12.1 Å². The van der Waals surface area contributed by atoms with Gasteiger partial charge in [0.25, 0.3) is 5.91 Å². The zero-order valence-corrected chi connectivity index (χ0v) is 18.2. The third-order valence-corrected chi connectivity index (χ3v) is 5.52. The first kappa shape index (κ1) is 21.8. The molecule has 3 rings (SSSR count). The maximum atomic E-state index is 12.6. The van der Waals surface area contributed by atoms with Gasteiger partial charge in [-0.25, -0.2) is 0 Å². The van der Waals surface area contributed by atoms with Crippen LogP contribution in [-0.2, 0) is 16.0 Å². The summed E-state index contributed by atoms with van der Waals surface area (Å²) in [5.41, 5.74) is 3.18. The van der Waals surface area contributed by atoms with E-state index in [1.165, 1.54) is 11.1 Å². The number of benzene rings is 2. The quantitative estimate of drug-likeness (QED) is 0.728. The van der Waals surface area contributed by atoms with Crippen molar-refractivity contribution in [3.63, 3.8) is 0 Å². The highest BCUT2D eigenvalue weighted by molar-refractivity contribution is 6.00. The molecule has 0 saturated heterocycles. The van der Waals surface area contributed by atoms with Crippen molar-refractivity contribution in [2.75, 3.05) is 32.1 Å². The Morgan fingerprint density at radius 2 is 1.87 bits per heavy atom. The smallest absolute Gasteiger partial charge is 0.267 e. The first-order chi connectivity index (χ1) is 14.4. The number of rotatable bonds is 8. The number of carbonyl (C=O) groups is 2. The minimum atomic E-state index is -0.549. The number of fused-ring (bicyclic) bond motifs is 1. The summed E-state index contributed by atoms with van der Waals surface area (Å²) >= 11 is 0. The highest BCUT2D eigenvalue weighted by Crippen LogP contribution is 2.33. The van der Waals surface area contributed by atoms with Crippen LogP contribution in [0.3, 0.4) is 0 Å². The number of carbonyl (C=O) groups excluding carboxylic acids is 2. The zero-order chi connectivity index (χ0) is 21.7. The predicted molar refractivity (Wildman–Crippen MR) is 119 cm³/mol. The lowest BCUT2D eigenvalue weighted by Crippen LogP contribution is -2.46. The van der Waals surface area contributed by atoms with E-state index >= 15 is 0 Å². The standard InChI is InChI=1S/C24H31N3O3/c1-5-18-10-12-19(13-11-18)21(26(3)4)16-25-23(28)14-15-27-20-8-6-7-9-22(20)30-17(2)24(27)29/h6-13,17,21H,5,14-16H2,1-4H3,(H,25,28). The Morgan fingerprint density at radius 1 is 1.17 bits per heavy atom. The van der Waals surface area contributed by atoms with Crippen molar-refractivity contribution in [1.29, 1.82) is 0 Å². The fraction of sp³-hybridized carbons (Fsp3) is 0.417. The lowest BCUT2D eigenvalue weighted by atomic mass is 10.0. The Labute approximate surface area is 178 Å². The summed E-state index contributed by atoms with van der Waals surface area (Å²) in [5, 5.41) is 3.03. The number of nitrogens with zero attached hydrogens (tertiary/aromatic N) is 2. The number of amides is 2. The van der Waals surface area contributed by atoms with Crippen LogP contribution >= 0.6 is 0 Å². The van der Waals surface area contributed by atoms with E-state index in [-0.39, 0.29) is 24.3 Å². The van der Waals surface area contributed by atoms with Crippen LogP contribution in [0.2, 0.25) is 0 Å². The van der Waals surface area contributed by atoms with Gasteiger partial charge in [-0.1, -0.05) is 43.3 Å². The molecular formula is C24H31N3O3. The third-order valence-electron chi connectivity index (χ3n) is 5.52. The Morgan fingerprint density at radius 3 is 2.53 bits per heavy atom. The second-order valence-electron chi connectivity index (χ2n) is 7.85. The second kappa shape index (κ2) is 9.76. The molecule has 1 aliphatic heterocycles. The van der Waals surface area contributed by atoms with Gasteiger partial charge >= 0.3 is 0 Å². The summed E-state index contributed by atoms with van der Waals surface area (Å²) in [6.45, 7) is 4.71. The van der Waals surface area contributed by atoms with Crippen molar-refractivity contribution in [2.45, 2.75) is 38.8 Å². The molecule has 160 valence electrons. The molecule has 2 aromatic carbocycles. The summed E-state index contributed by atoms with van der Waals surface area (Å²) < 4.78 is 5.65. The predicted octanol–water partition coefficient (Wildman–Crippen LogP) is 3.17. The zero-order valence-electron chi connectivity index (χ0n) is 18.2. The fourth-order valence-corrected chi connectivity index (χ4v) is 3.68. The van der Waals surface area contributed by atoms with E-state index in [2.05, 4.69) is 41.4 Å². The van der Waals surface area contributed by atoms with Crippen LogP contribution in [0.15, 0.2) is 48.5 Å². The molecule has 6 heteroatoms. The molecule has 30 heavy (non-hydrogen) atoms. The number of aryl methyl sites for hydroxylation is 1. The van der Waals surface area contributed by atoms with Crippen molar-refractivity contribution in [1.82, 2.24) is 10.2 Å². The molecule has 0 fully saturated rings. The number of para-hydroxylation sites is 2. The minimum absolute atomic E-state index is 0.0727. The number of hydrogen-bond acceptors (Lipinski definition) is 4. The van der Waals surface area contributed by atoms with Crippen molar-refractivity contribution >= 4 is 17.5 Å². The SMILES string of the molecule is CCc1ccc(C(CNC(=O)CCN2C(=O)C(C)Oc3ccccc32)N(C)C)cc1. The first-order valence-electron chi connectivity index (χ1n) is 10.5. The van der Waals surface area contributed by atoms with E-state index in [0.29, 0.717) is 18.8 Å². The monoisotopic (exact) mass is 409 g/mol. The van der Waals surface area contributed by atoms with Gasteiger partial charge in [0.15, 0.2) is 6.10 Å². The lowest BCUT2D eigenvalue weighted by Gasteiger charge is -2.33. The van der Waals surface area contributed by atoms with Gasteiger partial charge in [-0.3, -0.25) is 9.59 Å². The number of nitrogens with one attached hydrogen (secondary N) is 1. The van der Waals surface area contributed by atoms with Gasteiger partial charge in [-0.2, -0.15) is 0 Å². The van der Waals surface area contributed by atoms with Crippen LogP contribution in [0.1, 0.15) is 37.4 Å².